The van der Waals surface area contributed by atoms with Crippen molar-refractivity contribution in [2.24, 2.45) is 5.10 Å². The number of esters is 1. The molecule has 0 aliphatic heterocycles. The van der Waals surface area contributed by atoms with Crippen LogP contribution in [-0.4, -0.2) is 26.8 Å². The minimum atomic E-state index is -0.687. The molecule has 154 valence electrons. The second kappa shape index (κ2) is 8.84. The van der Waals surface area contributed by atoms with Crippen LogP contribution in [0.2, 0.25) is 0 Å². The highest BCUT2D eigenvalue weighted by molar-refractivity contribution is 9.10. The Kier molecular flexibility index (Phi) is 6.42. The minimum Gasteiger partial charge on any atom is -0.418 e. The molecule has 0 radical (unpaired) electrons. The normalized spacial score (nSPS) is 11.2. The largest absolute Gasteiger partial charge is 0.418 e. The quantitative estimate of drug-likeness (QED) is 0.158. The molecule has 3 aromatic rings. The summed E-state index contributed by atoms with van der Waals surface area (Å²) in [6.07, 6.45) is 1.76. The van der Waals surface area contributed by atoms with Crippen LogP contribution < -0.4 is 10.3 Å². The lowest BCUT2D eigenvalue weighted by Crippen LogP contribution is -2.22. The van der Waals surface area contributed by atoms with E-state index in [2.05, 4.69) is 41.9 Å². The third-order valence-electron chi connectivity index (χ3n) is 4.00. The number of aromatic nitrogens is 2. The Balaban J connectivity index is 2.12. The zero-order chi connectivity index (χ0) is 22.0. The Morgan fingerprint density at radius 3 is 2.70 bits per heavy atom. The lowest BCUT2D eigenvalue weighted by molar-refractivity contribution is -0.385. The highest BCUT2D eigenvalue weighted by Gasteiger charge is 2.21. The van der Waals surface area contributed by atoms with Crippen molar-refractivity contribution >= 4 is 60.6 Å². The van der Waals surface area contributed by atoms with Crippen LogP contribution in [0.25, 0.3) is 10.9 Å². The minimum absolute atomic E-state index is 0.201. The van der Waals surface area contributed by atoms with Gasteiger partial charge in [0.25, 0.3) is 5.56 Å². The summed E-state index contributed by atoms with van der Waals surface area (Å²) in [6.45, 7) is 2.99. The summed E-state index contributed by atoms with van der Waals surface area (Å²) in [5.74, 6) is -0.447. The molecule has 0 N–H and O–H groups in total. The maximum Gasteiger partial charge on any atom is 0.313 e. The topological polar surface area (TPSA) is 117 Å². The van der Waals surface area contributed by atoms with Gasteiger partial charge in [-0.15, -0.1) is 0 Å². The average molecular weight is 538 g/mol. The van der Waals surface area contributed by atoms with Gasteiger partial charge in [0.1, 0.15) is 5.82 Å². The number of carbonyl (C=O) groups excluding carboxylic acids is 1. The van der Waals surface area contributed by atoms with Crippen LogP contribution in [0.4, 0.5) is 5.69 Å². The molecule has 0 unspecified atom stereocenters. The molecule has 1 aromatic heterocycles. The number of hydrogen-bond donors (Lipinski definition) is 0. The number of ether oxygens (including phenoxy) is 1. The van der Waals surface area contributed by atoms with Gasteiger partial charge >= 0.3 is 11.7 Å². The highest BCUT2D eigenvalue weighted by atomic mass is 79.9. The van der Waals surface area contributed by atoms with Gasteiger partial charge in [0, 0.05) is 29.4 Å². The third-order valence-corrected chi connectivity index (χ3v) is 5.08. The molecular weight excluding hydrogens is 524 g/mol. The van der Waals surface area contributed by atoms with Gasteiger partial charge in [-0.1, -0.05) is 22.9 Å². The van der Waals surface area contributed by atoms with Gasteiger partial charge in [-0.25, -0.2) is 4.98 Å². The van der Waals surface area contributed by atoms with Crippen LogP contribution in [0.15, 0.2) is 49.2 Å². The lowest BCUT2D eigenvalue weighted by Gasteiger charge is -2.08. The number of carbonyl (C=O) groups is 1. The van der Waals surface area contributed by atoms with Gasteiger partial charge < -0.3 is 4.74 Å². The molecule has 0 aliphatic carbocycles. The van der Waals surface area contributed by atoms with Crippen molar-refractivity contribution in [3.05, 3.63) is 71.1 Å². The fourth-order valence-corrected chi connectivity index (χ4v) is 3.63. The van der Waals surface area contributed by atoms with Crippen molar-refractivity contribution in [1.82, 2.24) is 9.66 Å². The number of nitrogens with zero attached hydrogens (tertiary/aromatic N) is 4. The van der Waals surface area contributed by atoms with Crippen LogP contribution in [0, 0.1) is 10.1 Å². The molecule has 0 saturated carbocycles. The number of hydrogen-bond acceptors (Lipinski definition) is 7. The third kappa shape index (κ3) is 4.46. The summed E-state index contributed by atoms with van der Waals surface area (Å²) in [6, 6.07) is 7.89. The fraction of sp³-hybridized carbons (Fsp3) is 0.158. The van der Waals surface area contributed by atoms with E-state index in [9.17, 15) is 19.7 Å². The van der Waals surface area contributed by atoms with Gasteiger partial charge in [0.15, 0.2) is 0 Å². The Morgan fingerprint density at radius 2 is 2.07 bits per heavy atom. The second-order valence-corrected chi connectivity index (χ2v) is 7.88. The molecule has 9 nitrogen and oxygen atoms in total. The number of rotatable bonds is 5. The lowest BCUT2D eigenvalue weighted by atomic mass is 10.2. The SMILES string of the molecule is CCc1nc2ccc(Br)cc2c(=O)n1N=Cc1cc(Br)c(OC(C)=O)c([N+](=O)[O-])c1. The van der Waals surface area contributed by atoms with E-state index < -0.39 is 16.6 Å². The zero-order valence-corrected chi connectivity index (χ0v) is 18.9. The summed E-state index contributed by atoms with van der Waals surface area (Å²) in [5, 5.41) is 16.0. The molecule has 2 aromatic carbocycles. The van der Waals surface area contributed by atoms with Crippen LogP contribution in [0.3, 0.4) is 0 Å². The molecule has 3 rings (SSSR count). The smallest absolute Gasteiger partial charge is 0.313 e. The zero-order valence-electron chi connectivity index (χ0n) is 15.8. The van der Waals surface area contributed by atoms with Crippen LogP contribution in [0.1, 0.15) is 25.2 Å². The summed E-state index contributed by atoms with van der Waals surface area (Å²) in [5.41, 5.74) is 0.104. The van der Waals surface area contributed by atoms with E-state index in [1.54, 1.807) is 18.2 Å². The number of benzene rings is 2. The van der Waals surface area contributed by atoms with E-state index in [0.29, 0.717) is 28.7 Å². The first-order valence-corrected chi connectivity index (χ1v) is 10.2. The Labute approximate surface area is 186 Å². The van der Waals surface area contributed by atoms with Gasteiger partial charge in [0.05, 0.1) is 26.5 Å². The molecule has 0 amide bonds. The monoisotopic (exact) mass is 536 g/mol. The molecule has 11 heteroatoms. The van der Waals surface area contributed by atoms with Crippen molar-refractivity contribution in [3.8, 4) is 5.75 Å². The molecule has 0 aliphatic rings. The van der Waals surface area contributed by atoms with Crippen LogP contribution >= 0.6 is 31.9 Å². The molecule has 0 fully saturated rings. The molecule has 0 saturated heterocycles. The summed E-state index contributed by atoms with van der Waals surface area (Å²) < 4.78 is 7.03. The van der Waals surface area contributed by atoms with Gasteiger partial charge in [-0.05, 0) is 40.2 Å². The first kappa shape index (κ1) is 21.8. The van der Waals surface area contributed by atoms with E-state index in [1.807, 2.05) is 6.92 Å². The molecular formula is C19H14Br2N4O5. The van der Waals surface area contributed by atoms with Crippen LogP contribution in [0.5, 0.6) is 5.75 Å². The van der Waals surface area contributed by atoms with Gasteiger partial charge in [-0.2, -0.15) is 9.78 Å². The van der Waals surface area contributed by atoms with E-state index in [4.69, 9.17) is 4.74 Å². The number of nitro benzene ring substituents is 1. The van der Waals surface area contributed by atoms with Crippen molar-refractivity contribution in [1.29, 1.82) is 0 Å². The van der Waals surface area contributed by atoms with Gasteiger partial charge in [0.2, 0.25) is 5.75 Å². The Hall–Kier alpha value is -2.92. The van der Waals surface area contributed by atoms with Crippen molar-refractivity contribution in [2.75, 3.05) is 0 Å². The van der Waals surface area contributed by atoms with Crippen molar-refractivity contribution < 1.29 is 14.5 Å². The second-order valence-electron chi connectivity index (χ2n) is 6.11. The first-order valence-electron chi connectivity index (χ1n) is 8.63. The average Bonchev–Trinajstić information content (AvgIpc) is 2.68. The molecule has 0 spiro atoms. The molecule has 0 atom stereocenters. The molecule has 0 bridgehead atoms. The van der Waals surface area contributed by atoms with E-state index in [1.165, 1.54) is 18.3 Å². The Morgan fingerprint density at radius 1 is 1.33 bits per heavy atom. The number of halogens is 2. The van der Waals surface area contributed by atoms with E-state index >= 15 is 0 Å². The number of nitro groups is 1. The molecule has 30 heavy (non-hydrogen) atoms. The highest BCUT2D eigenvalue weighted by Crippen LogP contribution is 2.36. The maximum absolute atomic E-state index is 12.9. The van der Waals surface area contributed by atoms with E-state index in [-0.39, 0.29) is 15.8 Å². The predicted molar refractivity (Wildman–Crippen MR) is 118 cm³/mol. The van der Waals surface area contributed by atoms with E-state index in [0.717, 1.165) is 16.1 Å². The fourth-order valence-electron chi connectivity index (χ4n) is 2.72. The standard InChI is InChI=1S/C19H14Br2N4O5/c1-3-17-23-15-5-4-12(20)8-13(15)19(27)24(17)22-9-11-6-14(21)18(30-10(2)26)16(7-11)25(28)29/h4-9H,3H2,1-2H3. The number of fused-ring (bicyclic) bond motifs is 1. The predicted octanol–water partition coefficient (Wildman–Crippen LogP) is 4.20. The van der Waals surface area contributed by atoms with Crippen molar-refractivity contribution in [2.45, 2.75) is 20.3 Å². The maximum atomic E-state index is 12.9. The van der Waals surface area contributed by atoms with Crippen molar-refractivity contribution in [3.63, 3.8) is 0 Å². The summed E-state index contributed by atoms with van der Waals surface area (Å²) >= 11 is 6.51. The first-order chi connectivity index (χ1) is 14.2. The summed E-state index contributed by atoms with van der Waals surface area (Å²) in [7, 11) is 0. The molecule has 1 heterocycles. The van der Waals surface area contributed by atoms with Gasteiger partial charge in [-0.3, -0.25) is 19.7 Å². The van der Waals surface area contributed by atoms with Crippen LogP contribution in [-0.2, 0) is 11.2 Å². The summed E-state index contributed by atoms with van der Waals surface area (Å²) in [4.78, 5) is 39.3. The number of aryl methyl sites for hydroxylation is 1. The Bertz CT molecular complexity index is 1270.